The van der Waals surface area contributed by atoms with Crippen molar-refractivity contribution < 1.29 is 8.42 Å². The Kier molecular flexibility index (Phi) is 5.09. The molecular formula is C21H22N4O2S. The fraction of sp³-hybridized carbons (Fsp3) is 0.286. The van der Waals surface area contributed by atoms with E-state index in [-0.39, 0.29) is 5.25 Å². The molecule has 6 nitrogen and oxygen atoms in total. The van der Waals surface area contributed by atoms with Crippen LogP contribution in [0.15, 0.2) is 64.7 Å². The average Bonchev–Trinajstić information content (AvgIpc) is 3.28. The largest absolute Gasteiger partial charge is 0.259 e. The van der Waals surface area contributed by atoms with E-state index in [0.717, 1.165) is 47.7 Å². The van der Waals surface area contributed by atoms with Crippen molar-refractivity contribution in [1.29, 1.82) is 0 Å². The van der Waals surface area contributed by atoms with Gasteiger partial charge in [0, 0.05) is 10.8 Å². The number of benzene rings is 2. The van der Waals surface area contributed by atoms with Gasteiger partial charge in [0.25, 0.3) is 0 Å². The van der Waals surface area contributed by atoms with E-state index < -0.39 is 9.84 Å². The molecule has 144 valence electrons. The van der Waals surface area contributed by atoms with Crippen LogP contribution in [0.3, 0.4) is 0 Å². The molecule has 1 aromatic heterocycles. The molecule has 0 radical (unpaired) electrons. The fourth-order valence-electron chi connectivity index (χ4n) is 3.59. The van der Waals surface area contributed by atoms with E-state index in [2.05, 4.69) is 20.7 Å². The van der Waals surface area contributed by atoms with E-state index >= 15 is 0 Å². The lowest BCUT2D eigenvalue weighted by Crippen LogP contribution is -2.17. The summed E-state index contributed by atoms with van der Waals surface area (Å²) in [6.07, 6.45) is 5.23. The predicted octanol–water partition coefficient (Wildman–Crippen LogP) is 4.18. The van der Waals surface area contributed by atoms with Crippen molar-refractivity contribution in [3.63, 3.8) is 0 Å². The first-order chi connectivity index (χ1) is 13.6. The quantitative estimate of drug-likeness (QED) is 0.518. The van der Waals surface area contributed by atoms with Crippen LogP contribution in [0, 0.1) is 0 Å². The predicted molar refractivity (Wildman–Crippen MR) is 111 cm³/mol. The Morgan fingerprint density at radius 2 is 1.79 bits per heavy atom. The number of hydrazone groups is 1. The number of nitrogens with one attached hydrogen (secondary N) is 1. The van der Waals surface area contributed by atoms with E-state index in [1.54, 1.807) is 30.5 Å². The second-order valence-electron chi connectivity index (χ2n) is 7.07. The third kappa shape index (κ3) is 3.62. The van der Waals surface area contributed by atoms with Crippen molar-refractivity contribution in [3.05, 3.63) is 60.3 Å². The zero-order valence-corrected chi connectivity index (χ0v) is 16.5. The van der Waals surface area contributed by atoms with Crippen molar-refractivity contribution in [2.45, 2.75) is 42.8 Å². The van der Waals surface area contributed by atoms with Gasteiger partial charge in [-0.25, -0.2) is 8.42 Å². The van der Waals surface area contributed by atoms with Crippen molar-refractivity contribution in [2.75, 3.05) is 5.43 Å². The Hall–Kier alpha value is -2.80. The van der Waals surface area contributed by atoms with Crippen LogP contribution in [0.4, 0.5) is 5.82 Å². The van der Waals surface area contributed by atoms with E-state index in [0.29, 0.717) is 10.7 Å². The molecule has 0 aliphatic heterocycles. The van der Waals surface area contributed by atoms with Gasteiger partial charge in [0.15, 0.2) is 15.7 Å². The number of anilines is 1. The molecular weight excluding hydrogens is 372 g/mol. The summed E-state index contributed by atoms with van der Waals surface area (Å²) in [4.78, 5) is 0.392. The molecule has 0 amide bonds. The second kappa shape index (κ2) is 7.67. The number of aromatic nitrogens is 2. The standard InChI is InChI=1S/C21H22N4O2S/c1-15(23-25-21-20-9-5-2-6-17(20)14-22-24-21)16-10-12-19(13-11-16)28(26,27)18-7-3-4-8-18/h2,5-6,9-14,18H,3-4,7-8H2,1H3,(H,24,25). The van der Waals surface area contributed by atoms with Crippen LogP contribution in [0.2, 0.25) is 0 Å². The summed E-state index contributed by atoms with van der Waals surface area (Å²) >= 11 is 0. The zero-order valence-electron chi connectivity index (χ0n) is 15.7. The summed E-state index contributed by atoms with van der Waals surface area (Å²) in [6.45, 7) is 1.87. The van der Waals surface area contributed by atoms with Crippen LogP contribution in [-0.4, -0.2) is 29.6 Å². The van der Waals surface area contributed by atoms with Crippen LogP contribution in [-0.2, 0) is 9.84 Å². The first-order valence-electron chi connectivity index (χ1n) is 9.41. The van der Waals surface area contributed by atoms with Crippen LogP contribution < -0.4 is 5.43 Å². The molecule has 0 unspecified atom stereocenters. The minimum absolute atomic E-state index is 0.236. The van der Waals surface area contributed by atoms with Gasteiger partial charge < -0.3 is 0 Å². The summed E-state index contributed by atoms with van der Waals surface area (Å²) in [5.74, 6) is 0.581. The van der Waals surface area contributed by atoms with Gasteiger partial charge in [-0.1, -0.05) is 49.2 Å². The molecule has 1 fully saturated rings. The Labute approximate surface area is 164 Å². The van der Waals surface area contributed by atoms with Gasteiger partial charge in [0.1, 0.15) is 0 Å². The minimum Gasteiger partial charge on any atom is -0.259 e. The number of rotatable bonds is 5. The molecule has 28 heavy (non-hydrogen) atoms. The molecule has 1 heterocycles. The van der Waals surface area contributed by atoms with Crippen LogP contribution >= 0.6 is 0 Å². The first kappa shape index (κ1) is 18.6. The maximum absolute atomic E-state index is 12.7. The SMILES string of the molecule is CC(=NNc1nncc2ccccc12)c1ccc(S(=O)(=O)C2CCCC2)cc1. The Bertz CT molecular complexity index is 1110. The zero-order chi connectivity index (χ0) is 19.6. The lowest BCUT2D eigenvalue weighted by atomic mass is 10.1. The van der Waals surface area contributed by atoms with Crippen LogP contribution in [0.25, 0.3) is 10.8 Å². The van der Waals surface area contributed by atoms with E-state index in [1.807, 2.05) is 31.2 Å². The molecule has 3 aromatic rings. The molecule has 7 heteroatoms. The first-order valence-corrected chi connectivity index (χ1v) is 11.0. The monoisotopic (exact) mass is 394 g/mol. The maximum Gasteiger partial charge on any atom is 0.181 e. The summed E-state index contributed by atoms with van der Waals surface area (Å²) in [6, 6.07) is 14.8. The average molecular weight is 395 g/mol. The highest BCUT2D eigenvalue weighted by Crippen LogP contribution is 2.29. The van der Waals surface area contributed by atoms with Gasteiger partial charge >= 0.3 is 0 Å². The summed E-state index contributed by atoms with van der Waals surface area (Å²) in [5, 5.41) is 14.2. The summed E-state index contributed by atoms with van der Waals surface area (Å²) < 4.78 is 25.4. The number of hydrogen-bond acceptors (Lipinski definition) is 6. The van der Waals surface area contributed by atoms with Crippen molar-refractivity contribution in [3.8, 4) is 0 Å². The van der Waals surface area contributed by atoms with Gasteiger partial charge in [-0.05, 0) is 37.5 Å². The third-order valence-corrected chi connectivity index (χ3v) is 7.52. The van der Waals surface area contributed by atoms with Crippen LogP contribution in [0.1, 0.15) is 38.2 Å². The van der Waals surface area contributed by atoms with E-state index in [9.17, 15) is 8.42 Å². The minimum atomic E-state index is -3.23. The number of hydrogen-bond donors (Lipinski definition) is 1. The van der Waals surface area contributed by atoms with E-state index in [1.165, 1.54) is 0 Å². The fourth-order valence-corrected chi connectivity index (χ4v) is 5.44. The lowest BCUT2D eigenvalue weighted by molar-refractivity contribution is 0.579. The maximum atomic E-state index is 12.7. The molecule has 0 spiro atoms. The molecule has 0 atom stereocenters. The Morgan fingerprint density at radius 3 is 2.54 bits per heavy atom. The normalized spacial score (nSPS) is 15.8. The van der Waals surface area contributed by atoms with Crippen molar-refractivity contribution >= 4 is 32.1 Å². The number of fused-ring (bicyclic) bond motifs is 1. The lowest BCUT2D eigenvalue weighted by Gasteiger charge is -2.11. The summed E-state index contributed by atoms with van der Waals surface area (Å²) in [7, 11) is -3.23. The number of sulfone groups is 1. The molecule has 0 saturated heterocycles. The molecule has 1 aliphatic carbocycles. The highest BCUT2D eigenvalue weighted by atomic mass is 32.2. The van der Waals surface area contributed by atoms with E-state index in [4.69, 9.17) is 0 Å². The molecule has 1 aliphatic rings. The smallest absolute Gasteiger partial charge is 0.181 e. The molecule has 2 aromatic carbocycles. The van der Waals surface area contributed by atoms with Gasteiger partial charge in [0.2, 0.25) is 0 Å². The molecule has 0 bridgehead atoms. The second-order valence-corrected chi connectivity index (χ2v) is 9.29. The Morgan fingerprint density at radius 1 is 1.07 bits per heavy atom. The van der Waals surface area contributed by atoms with Gasteiger partial charge in [0.05, 0.1) is 22.1 Å². The highest BCUT2D eigenvalue weighted by molar-refractivity contribution is 7.92. The summed E-state index contributed by atoms with van der Waals surface area (Å²) in [5.41, 5.74) is 4.56. The molecule has 1 N–H and O–H groups in total. The number of nitrogens with zero attached hydrogens (tertiary/aromatic N) is 3. The third-order valence-electron chi connectivity index (χ3n) is 5.24. The Balaban J connectivity index is 1.54. The molecule has 1 saturated carbocycles. The van der Waals surface area contributed by atoms with Gasteiger partial charge in [-0.3, -0.25) is 5.43 Å². The van der Waals surface area contributed by atoms with Crippen molar-refractivity contribution in [2.24, 2.45) is 5.10 Å². The topological polar surface area (TPSA) is 84.3 Å². The van der Waals surface area contributed by atoms with Crippen molar-refractivity contribution in [1.82, 2.24) is 10.2 Å². The van der Waals surface area contributed by atoms with Gasteiger partial charge in [-0.2, -0.15) is 10.2 Å². The van der Waals surface area contributed by atoms with Crippen LogP contribution in [0.5, 0.6) is 0 Å². The van der Waals surface area contributed by atoms with Gasteiger partial charge in [-0.15, -0.1) is 5.10 Å². The molecule has 4 rings (SSSR count). The highest BCUT2D eigenvalue weighted by Gasteiger charge is 2.30.